The average Bonchev–Trinajstić information content (AvgIpc) is 3.27. The molecule has 0 radical (unpaired) electrons. The molecular formula is C29H41IO4. The number of rotatable bonds is 5. The predicted molar refractivity (Wildman–Crippen MR) is 141 cm³/mol. The molecule has 0 aromatic heterocycles. The van der Waals surface area contributed by atoms with E-state index >= 15 is 0 Å². The lowest BCUT2D eigenvalue weighted by Crippen LogP contribution is -2.51. The molecule has 4 aliphatic carbocycles. The first-order chi connectivity index (χ1) is 16.1. The van der Waals surface area contributed by atoms with Gasteiger partial charge in [0.05, 0.1) is 5.76 Å². The molecule has 5 heteroatoms. The van der Waals surface area contributed by atoms with Crippen molar-refractivity contribution in [3.63, 3.8) is 0 Å². The fourth-order valence-electron chi connectivity index (χ4n) is 8.64. The van der Waals surface area contributed by atoms with Gasteiger partial charge in [-0.2, -0.15) is 0 Å². The van der Waals surface area contributed by atoms with E-state index in [0.717, 1.165) is 44.9 Å². The molecule has 9 atom stereocenters. The van der Waals surface area contributed by atoms with E-state index in [2.05, 4.69) is 56.4 Å². The molecule has 0 amide bonds. The van der Waals surface area contributed by atoms with Crippen LogP contribution >= 0.6 is 22.6 Å². The van der Waals surface area contributed by atoms with Crippen LogP contribution in [0.4, 0.5) is 0 Å². The summed E-state index contributed by atoms with van der Waals surface area (Å²) in [5.74, 6) is 3.63. The third-order valence-electron chi connectivity index (χ3n) is 10.6. The topological polar surface area (TPSA) is 52.6 Å². The summed E-state index contributed by atoms with van der Waals surface area (Å²) in [5, 5.41) is 0. The van der Waals surface area contributed by atoms with Gasteiger partial charge >= 0.3 is 5.97 Å². The molecule has 0 aromatic carbocycles. The Bertz CT molecular complexity index is 936. The Morgan fingerprint density at radius 1 is 1.26 bits per heavy atom. The summed E-state index contributed by atoms with van der Waals surface area (Å²) in [4.78, 5) is 25.5. The lowest BCUT2D eigenvalue weighted by Gasteiger charge is -2.56. The predicted octanol–water partition coefficient (Wildman–Crippen LogP) is 6.81. The zero-order chi connectivity index (χ0) is 24.4. The van der Waals surface area contributed by atoms with E-state index in [1.54, 1.807) is 0 Å². The second-order valence-electron chi connectivity index (χ2n) is 12.4. The number of carbonyl (C=O) groups excluding carboxylic acids is 2. The normalized spacial score (nSPS) is 43.8. The first-order valence-corrected chi connectivity index (χ1v) is 15.0. The van der Waals surface area contributed by atoms with Gasteiger partial charge in [-0.3, -0.25) is 9.59 Å². The van der Waals surface area contributed by atoms with Gasteiger partial charge in [-0.1, -0.05) is 48.9 Å². The molecule has 34 heavy (non-hydrogen) atoms. The van der Waals surface area contributed by atoms with Crippen molar-refractivity contribution >= 4 is 34.3 Å². The van der Waals surface area contributed by atoms with Gasteiger partial charge in [0.2, 0.25) is 0 Å². The van der Waals surface area contributed by atoms with Crippen LogP contribution in [-0.2, 0) is 19.1 Å². The van der Waals surface area contributed by atoms with Crippen LogP contribution in [0.5, 0.6) is 0 Å². The van der Waals surface area contributed by atoms with Crippen LogP contribution in [0.25, 0.3) is 0 Å². The van der Waals surface area contributed by atoms with E-state index in [0.29, 0.717) is 29.5 Å². The minimum absolute atomic E-state index is 0.0395. The molecular weight excluding hydrogens is 539 g/mol. The zero-order valence-corrected chi connectivity index (χ0v) is 23.7. The molecule has 0 bridgehead atoms. The second kappa shape index (κ2) is 8.92. The second-order valence-corrected chi connectivity index (χ2v) is 13.3. The molecule has 4 nitrogen and oxygen atoms in total. The van der Waals surface area contributed by atoms with E-state index < -0.39 is 0 Å². The van der Waals surface area contributed by atoms with Gasteiger partial charge < -0.3 is 9.47 Å². The Hall–Kier alpha value is -0.850. The maximum absolute atomic E-state index is 14.0. The van der Waals surface area contributed by atoms with Crippen molar-refractivity contribution in [2.75, 3.05) is 4.43 Å². The smallest absolute Gasteiger partial charge is 0.302 e. The molecule has 0 saturated heterocycles. The molecule has 3 fully saturated rings. The van der Waals surface area contributed by atoms with Crippen LogP contribution in [-0.4, -0.2) is 28.4 Å². The Morgan fingerprint density at radius 3 is 2.74 bits per heavy atom. The van der Waals surface area contributed by atoms with Gasteiger partial charge in [-0.15, -0.1) is 0 Å². The number of halogens is 1. The maximum Gasteiger partial charge on any atom is 0.302 e. The summed E-state index contributed by atoms with van der Waals surface area (Å²) < 4.78 is 13.4. The highest BCUT2D eigenvalue weighted by molar-refractivity contribution is 14.1. The van der Waals surface area contributed by atoms with Crippen LogP contribution < -0.4 is 0 Å². The van der Waals surface area contributed by atoms with Crippen LogP contribution in [0.15, 0.2) is 23.0 Å². The van der Waals surface area contributed by atoms with Gasteiger partial charge in [0.1, 0.15) is 12.2 Å². The monoisotopic (exact) mass is 580 g/mol. The number of fused-ring (bicyclic) bond motifs is 7. The maximum atomic E-state index is 14.0. The van der Waals surface area contributed by atoms with E-state index in [9.17, 15) is 9.59 Å². The number of esters is 1. The van der Waals surface area contributed by atoms with Gasteiger partial charge in [0.15, 0.2) is 5.78 Å². The Morgan fingerprint density at radius 2 is 2.03 bits per heavy atom. The summed E-state index contributed by atoms with van der Waals surface area (Å²) >= 11 is 2.47. The first kappa shape index (κ1) is 24.8. The van der Waals surface area contributed by atoms with Gasteiger partial charge in [0.25, 0.3) is 0 Å². The fourth-order valence-corrected chi connectivity index (χ4v) is 9.08. The van der Waals surface area contributed by atoms with Crippen molar-refractivity contribution in [3.05, 3.63) is 23.0 Å². The minimum atomic E-state index is -0.336. The molecule has 1 aliphatic heterocycles. The third-order valence-corrected chi connectivity index (χ3v) is 12.1. The highest BCUT2D eigenvalue weighted by Gasteiger charge is 2.65. The zero-order valence-electron chi connectivity index (χ0n) is 21.5. The molecule has 1 heterocycles. The molecule has 0 spiro atoms. The van der Waals surface area contributed by atoms with Crippen molar-refractivity contribution < 1.29 is 19.1 Å². The number of allylic oxidation sites excluding steroid dienone is 3. The molecule has 188 valence electrons. The van der Waals surface area contributed by atoms with Gasteiger partial charge in [-0.25, -0.2) is 0 Å². The third kappa shape index (κ3) is 3.73. The summed E-state index contributed by atoms with van der Waals surface area (Å²) in [5.41, 5.74) is 2.48. The summed E-state index contributed by atoms with van der Waals surface area (Å²) in [7, 11) is 0. The van der Waals surface area contributed by atoms with Crippen molar-refractivity contribution in [1.82, 2.24) is 0 Å². The largest absolute Gasteiger partial charge is 0.494 e. The highest BCUT2D eigenvalue weighted by atomic mass is 127. The van der Waals surface area contributed by atoms with E-state index in [1.165, 1.54) is 34.7 Å². The summed E-state index contributed by atoms with van der Waals surface area (Å²) in [6.07, 6.45) is 10.6. The van der Waals surface area contributed by atoms with E-state index in [1.807, 2.05) is 0 Å². The van der Waals surface area contributed by atoms with Crippen molar-refractivity contribution in [2.24, 2.45) is 40.4 Å². The summed E-state index contributed by atoms with van der Waals surface area (Å²) in [6, 6.07) is 0. The molecule has 0 aromatic rings. The molecule has 0 unspecified atom stereocenters. The molecule has 5 rings (SSSR count). The Balaban J connectivity index is 1.41. The van der Waals surface area contributed by atoms with E-state index in [-0.39, 0.29) is 34.9 Å². The SMILES string of the molecule is CC(=O)O[C@H]1CC[C@]2(C)C3=CC(=O)[C@@]4(C)[C@@H](C[C@@H]5OC(CC[C@@H](C)CI)=C(C)[C@@H]54)[C@@H]3CC[C@H]2C1. The lowest BCUT2D eigenvalue weighted by atomic mass is 9.48. The van der Waals surface area contributed by atoms with Gasteiger partial charge in [-0.05, 0) is 92.6 Å². The number of hydrogen-bond donors (Lipinski definition) is 0. The number of ether oxygens (including phenoxy) is 2. The van der Waals surface area contributed by atoms with Crippen molar-refractivity contribution in [1.29, 1.82) is 0 Å². The fraction of sp³-hybridized carbons (Fsp3) is 0.793. The minimum Gasteiger partial charge on any atom is -0.494 e. The number of hydrogen-bond acceptors (Lipinski definition) is 4. The first-order valence-electron chi connectivity index (χ1n) is 13.5. The number of alkyl halides is 1. The van der Waals surface area contributed by atoms with Crippen molar-refractivity contribution in [2.45, 2.75) is 98.2 Å². The standard InChI is InChI=1S/C29H41IO4/c1-16(15-30)6-9-24-17(2)27-25(34-24)13-23-21-8-7-19-12-20(33-18(3)31)10-11-28(19,4)22(21)14-26(32)29(23,27)5/h14,16,19-21,23,25,27H,6-13,15H2,1-5H3/t16-,19+,20+,21-,23+,25+,27+,28+,29-/m1/s1. The van der Waals surface area contributed by atoms with Crippen LogP contribution in [0.3, 0.4) is 0 Å². The molecule has 0 N–H and O–H groups in total. The quantitative estimate of drug-likeness (QED) is 0.204. The lowest BCUT2D eigenvalue weighted by molar-refractivity contribution is -0.151. The highest BCUT2D eigenvalue weighted by Crippen LogP contribution is 2.67. The Kier molecular flexibility index (Phi) is 6.51. The summed E-state index contributed by atoms with van der Waals surface area (Å²) in [6.45, 7) is 10.7. The average molecular weight is 581 g/mol. The van der Waals surface area contributed by atoms with Crippen LogP contribution in [0.2, 0.25) is 0 Å². The van der Waals surface area contributed by atoms with E-state index in [4.69, 9.17) is 9.47 Å². The number of ketones is 1. The van der Waals surface area contributed by atoms with Crippen molar-refractivity contribution in [3.8, 4) is 0 Å². The number of carbonyl (C=O) groups is 2. The van der Waals surface area contributed by atoms with Crippen LogP contribution in [0.1, 0.15) is 86.0 Å². The molecule has 5 aliphatic rings. The molecule has 3 saturated carbocycles. The Labute approximate surface area is 218 Å². The van der Waals surface area contributed by atoms with Gasteiger partial charge in [0, 0.05) is 29.1 Å². The van der Waals surface area contributed by atoms with Crippen LogP contribution in [0, 0.1) is 40.4 Å².